The highest BCUT2D eigenvalue weighted by Gasteiger charge is 2.16. The maximum Gasteiger partial charge on any atom is 0.375 e. The zero-order chi connectivity index (χ0) is 9.56. The molecule has 0 aliphatic rings. The lowest BCUT2D eigenvalue weighted by Crippen LogP contribution is -2.19. The molecule has 0 spiro atoms. The van der Waals surface area contributed by atoms with Crippen molar-refractivity contribution in [1.29, 1.82) is 0 Å². The largest absolute Gasteiger partial charge is 0.460 e. The van der Waals surface area contributed by atoms with Crippen molar-refractivity contribution in [3.05, 3.63) is 0 Å². The fourth-order valence-corrected chi connectivity index (χ4v) is 0.574. The summed E-state index contributed by atoms with van der Waals surface area (Å²) in [6.07, 6.45) is 0.307. The summed E-state index contributed by atoms with van der Waals surface area (Å²) in [7, 11) is 0. The van der Waals surface area contributed by atoms with E-state index in [2.05, 4.69) is 4.74 Å². The van der Waals surface area contributed by atoms with Gasteiger partial charge in [0.15, 0.2) is 0 Å². The topological polar surface area (TPSA) is 60.4 Å². The number of Topliss-reactive ketones (excluding diaryl/α,β-unsaturated/α-hetero) is 2. The molecule has 0 aromatic carbocycles. The highest BCUT2D eigenvalue weighted by molar-refractivity contribution is 6.36. The monoisotopic (exact) mass is 172 g/mol. The molecule has 0 aliphatic carbocycles. The lowest BCUT2D eigenvalue weighted by Gasteiger charge is -1.99. The van der Waals surface area contributed by atoms with E-state index < -0.39 is 11.8 Å². The second kappa shape index (κ2) is 5.46. The van der Waals surface area contributed by atoms with Crippen LogP contribution in [-0.4, -0.2) is 24.1 Å². The van der Waals surface area contributed by atoms with Crippen LogP contribution in [0.1, 0.15) is 26.7 Å². The molecule has 0 N–H and O–H groups in total. The Morgan fingerprint density at radius 1 is 1.25 bits per heavy atom. The molecular formula is C8H12O4. The van der Waals surface area contributed by atoms with Crippen LogP contribution in [0.25, 0.3) is 0 Å². The van der Waals surface area contributed by atoms with E-state index in [-0.39, 0.29) is 18.8 Å². The summed E-state index contributed by atoms with van der Waals surface area (Å²) in [5.74, 6) is -2.00. The van der Waals surface area contributed by atoms with Gasteiger partial charge < -0.3 is 4.74 Å². The van der Waals surface area contributed by atoms with Gasteiger partial charge in [0.2, 0.25) is 5.78 Å². The number of esters is 1. The number of carbonyl (C=O) groups excluding carboxylic acids is 3. The van der Waals surface area contributed by atoms with Gasteiger partial charge >= 0.3 is 5.97 Å². The molecule has 0 saturated carbocycles. The van der Waals surface area contributed by atoms with Gasteiger partial charge in [-0.1, -0.05) is 6.92 Å². The van der Waals surface area contributed by atoms with Crippen molar-refractivity contribution in [3.8, 4) is 0 Å². The molecule has 0 saturated heterocycles. The minimum Gasteiger partial charge on any atom is -0.460 e. The van der Waals surface area contributed by atoms with Crippen molar-refractivity contribution in [2.24, 2.45) is 0 Å². The van der Waals surface area contributed by atoms with E-state index in [1.165, 1.54) is 6.92 Å². The Hall–Kier alpha value is -1.19. The number of ketones is 2. The van der Waals surface area contributed by atoms with Gasteiger partial charge in [0.05, 0.1) is 13.0 Å². The Balaban J connectivity index is 3.77. The SMILES string of the molecule is CCCOC(=O)C(=O)CC(C)=O. The average Bonchev–Trinajstić information content (AvgIpc) is 1.98. The fraction of sp³-hybridized carbons (Fsp3) is 0.625. The molecule has 0 heterocycles. The molecule has 0 rings (SSSR count). The van der Waals surface area contributed by atoms with Gasteiger partial charge in [-0.3, -0.25) is 9.59 Å². The molecule has 12 heavy (non-hydrogen) atoms. The average molecular weight is 172 g/mol. The normalized spacial score (nSPS) is 9.17. The lowest BCUT2D eigenvalue weighted by atomic mass is 10.2. The van der Waals surface area contributed by atoms with Crippen molar-refractivity contribution < 1.29 is 19.1 Å². The Morgan fingerprint density at radius 3 is 2.25 bits per heavy atom. The minimum absolute atomic E-state index is 0.225. The molecule has 0 aliphatic heterocycles. The van der Waals surface area contributed by atoms with Crippen LogP contribution in [-0.2, 0) is 19.1 Å². The van der Waals surface area contributed by atoms with Gasteiger partial charge in [0.25, 0.3) is 0 Å². The van der Waals surface area contributed by atoms with Crippen LogP contribution in [0.3, 0.4) is 0 Å². The Labute approximate surface area is 70.9 Å². The molecule has 0 unspecified atom stereocenters. The van der Waals surface area contributed by atoms with E-state index in [0.717, 1.165) is 0 Å². The van der Waals surface area contributed by atoms with Crippen LogP contribution in [0.2, 0.25) is 0 Å². The van der Waals surface area contributed by atoms with E-state index in [9.17, 15) is 14.4 Å². The summed E-state index contributed by atoms with van der Waals surface area (Å²) in [4.78, 5) is 31.9. The molecule has 0 aromatic heterocycles. The molecule has 0 fully saturated rings. The van der Waals surface area contributed by atoms with Crippen LogP contribution in [0.5, 0.6) is 0 Å². The number of hydrogen-bond acceptors (Lipinski definition) is 4. The third-order valence-electron chi connectivity index (χ3n) is 1.07. The van der Waals surface area contributed by atoms with Gasteiger partial charge in [0, 0.05) is 0 Å². The molecule has 0 radical (unpaired) electrons. The summed E-state index contributed by atoms with van der Waals surface area (Å²) in [6, 6.07) is 0. The number of ether oxygens (including phenoxy) is 1. The Bertz CT molecular complexity index is 195. The Morgan fingerprint density at radius 2 is 1.83 bits per heavy atom. The van der Waals surface area contributed by atoms with Gasteiger partial charge in [-0.05, 0) is 13.3 Å². The second-order valence-corrected chi connectivity index (χ2v) is 2.44. The molecule has 0 bridgehead atoms. The van der Waals surface area contributed by atoms with Crippen molar-refractivity contribution in [3.63, 3.8) is 0 Å². The van der Waals surface area contributed by atoms with Crippen LogP contribution in [0.15, 0.2) is 0 Å². The molecular weight excluding hydrogens is 160 g/mol. The van der Waals surface area contributed by atoms with Gasteiger partial charge in [-0.25, -0.2) is 4.79 Å². The zero-order valence-electron chi connectivity index (χ0n) is 7.25. The van der Waals surface area contributed by atoms with E-state index in [4.69, 9.17) is 0 Å². The summed E-state index contributed by atoms with van der Waals surface area (Å²) < 4.78 is 4.51. The highest BCUT2D eigenvalue weighted by Crippen LogP contribution is 1.90. The minimum atomic E-state index is -0.910. The first-order valence-corrected chi connectivity index (χ1v) is 3.77. The number of hydrogen-bond donors (Lipinski definition) is 0. The highest BCUT2D eigenvalue weighted by atomic mass is 16.5. The molecule has 0 aromatic rings. The quantitative estimate of drug-likeness (QED) is 0.344. The predicted molar refractivity (Wildman–Crippen MR) is 41.6 cm³/mol. The van der Waals surface area contributed by atoms with Crippen molar-refractivity contribution >= 4 is 17.5 Å². The maximum absolute atomic E-state index is 10.8. The van der Waals surface area contributed by atoms with E-state index in [0.29, 0.717) is 6.42 Å². The van der Waals surface area contributed by atoms with Gasteiger partial charge in [-0.2, -0.15) is 0 Å². The van der Waals surface area contributed by atoms with Crippen LogP contribution in [0.4, 0.5) is 0 Å². The number of rotatable bonds is 5. The Kier molecular flexibility index (Phi) is 4.92. The van der Waals surface area contributed by atoms with Crippen molar-refractivity contribution in [2.75, 3.05) is 6.61 Å². The van der Waals surface area contributed by atoms with Crippen molar-refractivity contribution in [1.82, 2.24) is 0 Å². The third kappa shape index (κ3) is 4.60. The first-order valence-electron chi connectivity index (χ1n) is 3.77. The second-order valence-electron chi connectivity index (χ2n) is 2.44. The smallest absolute Gasteiger partial charge is 0.375 e. The van der Waals surface area contributed by atoms with E-state index >= 15 is 0 Å². The predicted octanol–water partition coefficient (Wildman–Crippen LogP) is 0.488. The summed E-state index contributed by atoms with van der Waals surface area (Å²) in [5.41, 5.74) is 0. The first kappa shape index (κ1) is 10.8. The van der Waals surface area contributed by atoms with Crippen LogP contribution in [0, 0.1) is 0 Å². The first-order chi connectivity index (χ1) is 5.57. The molecule has 4 heteroatoms. The maximum atomic E-state index is 10.8. The molecule has 0 amide bonds. The molecule has 4 nitrogen and oxygen atoms in total. The third-order valence-corrected chi connectivity index (χ3v) is 1.07. The summed E-state index contributed by atoms with van der Waals surface area (Å²) >= 11 is 0. The fourth-order valence-electron chi connectivity index (χ4n) is 0.574. The van der Waals surface area contributed by atoms with Crippen molar-refractivity contribution in [2.45, 2.75) is 26.7 Å². The standard InChI is InChI=1S/C8H12O4/c1-3-4-12-8(11)7(10)5-6(2)9/h3-5H2,1-2H3. The van der Waals surface area contributed by atoms with Crippen LogP contribution < -0.4 is 0 Å². The lowest BCUT2D eigenvalue weighted by molar-refractivity contribution is -0.154. The van der Waals surface area contributed by atoms with Crippen LogP contribution >= 0.6 is 0 Å². The van der Waals surface area contributed by atoms with Gasteiger partial charge in [0.1, 0.15) is 5.78 Å². The molecule has 68 valence electrons. The van der Waals surface area contributed by atoms with E-state index in [1.54, 1.807) is 0 Å². The zero-order valence-corrected chi connectivity index (χ0v) is 7.25. The number of carbonyl (C=O) groups is 3. The van der Waals surface area contributed by atoms with E-state index in [1.807, 2.05) is 6.92 Å². The van der Waals surface area contributed by atoms with Gasteiger partial charge in [-0.15, -0.1) is 0 Å². The summed E-state index contributed by atoms with van der Waals surface area (Å²) in [6.45, 7) is 3.30. The summed E-state index contributed by atoms with van der Waals surface area (Å²) in [5, 5.41) is 0. The molecule has 0 atom stereocenters.